The second-order valence-corrected chi connectivity index (χ2v) is 14.7. The van der Waals surface area contributed by atoms with Gasteiger partial charge in [-0.2, -0.15) is 14.6 Å². The van der Waals surface area contributed by atoms with Crippen molar-refractivity contribution in [2.75, 3.05) is 0 Å². The third-order valence-electron chi connectivity index (χ3n) is 8.50. The minimum atomic E-state index is -2.81. The molecule has 0 radical (unpaired) electrons. The Bertz CT molecular complexity index is 1800. The molecule has 12 heteroatoms. The smallest absolute Gasteiger partial charge is 0.212 e. The lowest BCUT2D eigenvalue weighted by atomic mass is 9.61. The van der Waals surface area contributed by atoms with Gasteiger partial charge in [-0.25, -0.2) is 23.2 Å². The van der Waals surface area contributed by atoms with E-state index in [-0.39, 0.29) is 17.9 Å². The van der Waals surface area contributed by atoms with Gasteiger partial charge >= 0.3 is 0 Å². The largest absolute Gasteiger partial charge is 0.290 e. The number of rotatable bonds is 7. The fraction of sp³-hybridized carbons (Fsp3) is 0.379. The Balaban J connectivity index is 1.31. The van der Waals surface area contributed by atoms with Gasteiger partial charge in [0.25, 0.3) is 0 Å². The molecule has 3 aliphatic rings. The lowest BCUT2D eigenvalue weighted by molar-refractivity contribution is 0.0741. The molecule has 4 aromatic rings. The normalized spacial score (nSPS) is 23.5. The number of hydrogen-bond donors (Lipinski definition) is 0. The molecule has 2 saturated carbocycles. The maximum absolute atomic E-state index is 14.5. The molecular weight excluding hydrogens is 561 g/mol. The molecule has 9 nitrogen and oxygen atoms in total. The van der Waals surface area contributed by atoms with Crippen LogP contribution in [-0.4, -0.2) is 61.8 Å². The lowest BCUT2D eigenvalue weighted by Gasteiger charge is -2.47. The number of hydrogen-bond acceptors (Lipinski definition) is 7. The van der Waals surface area contributed by atoms with Crippen LogP contribution in [0, 0.1) is 18.3 Å². The minimum Gasteiger partial charge on any atom is -0.290 e. The second-order valence-electron chi connectivity index (χ2n) is 11.3. The molecule has 0 amide bonds. The van der Waals surface area contributed by atoms with E-state index < -0.39 is 21.1 Å². The highest BCUT2D eigenvalue weighted by Crippen LogP contribution is 2.53. The van der Waals surface area contributed by atoms with Crippen LogP contribution in [0.2, 0.25) is 0 Å². The molecule has 0 saturated heterocycles. The number of carbonyl (C=O) groups excluding carboxylic acids is 1. The van der Waals surface area contributed by atoms with Crippen LogP contribution >= 0.6 is 11.3 Å². The number of allylic oxidation sites excluding steroid dienone is 1. The van der Waals surface area contributed by atoms with Crippen LogP contribution in [0.4, 0.5) is 4.39 Å². The van der Waals surface area contributed by atoms with Crippen molar-refractivity contribution >= 4 is 38.8 Å². The summed E-state index contributed by atoms with van der Waals surface area (Å²) in [5.41, 5.74) is 2.65. The molecule has 0 aromatic carbocycles. The third kappa shape index (κ3) is 4.39. The number of pyridine rings is 1. The van der Waals surface area contributed by atoms with Crippen molar-refractivity contribution < 1.29 is 13.4 Å². The molecule has 0 bridgehead atoms. The summed E-state index contributed by atoms with van der Waals surface area (Å²) in [7, 11) is -1.00. The number of fused-ring (bicyclic) bond motifs is 2. The Hall–Kier alpha value is -3.48. The van der Waals surface area contributed by atoms with Gasteiger partial charge in [-0.3, -0.25) is 9.48 Å². The zero-order chi connectivity index (χ0) is 28.5. The Morgan fingerprint density at radius 1 is 1.15 bits per heavy atom. The average molecular weight is 592 g/mol. The van der Waals surface area contributed by atoms with Crippen molar-refractivity contribution in [1.82, 2.24) is 33.8 Å². The maximum atomic E-state index is 14.5. The molecule has 3 atom stereocenters. The predicted molar refractivity (Wildman–Crippen MR) is 156 cm³/mol. The van der Waals surface area contributed by atoms with E-state index in [1.54, 1.807) is 40.2 Å². The molecule has 4 heterocycles. The summed E-state index contributed by atoms with van der Waals surface area (Å²) in [4.78, 5) is 24.4. The molecule has 1 unspecified atom stereocenters. The summed E-state index contributed by atoms with van der Waals surface area (Å²) in [5, 5.41) is 9.36. The first-order valence-electron chi connectivity index (χ1n) is 13.7. The fourth-order valence-corrected chi connectivity index (χ4v) is 9.39. The van der Waals surface area contributed by atoms with Gasteiger partial charge in [0.1, 0.15) is 0 Å². The first kappa shape index (κ1) is 26.4. The van der Waals surface area contributed by atoms with Crippen molar-refractivity contribution in [3.05, 3.63) is 75.8 Å². The summed E-state index contributed by atoms with van der Waals surface area (Å²) in [5.74, 6) is 3.70. The number of nitrogens with zero attached hydrogens (tertiary/aromatic N) is 7. The molecule has 0 spiro atoms. The highest BCUT2D eigenvalue weighted by Gasteiger charge is 2.53. The van der Waals surface area contributed by atoms with Crippen molar-refractivity contribution in [2.45, 2.75) is 62.4 Å². The van der Waals surface area contributed by atoms with Crippen molar-refractivity contribution in [3.63, 3.8) is 0 Å². The van der Waals surface area contributed by atoms with Gasteiger partial charge in [-0.15, -0.1) is 11.3 Å². The predicted octanol–water partition coefficient (Wildman–Crippen LogP) is 4.42. The monoisotopic (exact) mass is 591 g/mol. The lowest BCUT2D eigenvalue weighted by Crippen LogP contribution is -2.51. The fourth-order valence-electron chi connectivity index (χ4n) is 6.46. The molecule has 3 aliphatic carbocycles. The number of thiazole rings is 1. The first-order chi connectivity index (χ1) is 19.7. The van der Waals surface area contributed by atoms with E-state index in [0.717, 1.165) is 41.0 Å². The number of aromatic nitrogens is 6. The number of halogens is 1. The van der Waals surface area contributed by atoms with Crippen LogP contribution in [0.5, 0.6) is 0 Å². The molecular formula is C29H30FN7O2S2. The summed E-state index contributed by atoms with van der Waals surface area (Å²) < 4.78 is 33.4. The van der Waals surface area contributed by atoms with Crippen LogP contribution < -0.4 is 0 Å². The van der Waals surface area contributed by atoms with Crippen molar-refractivity contribution in [2.24, 2.45) is 12.5 Å². The van der Waals surface area contributed by atoms with Gasteiger partial charge in [0, 0.05) is 36.4 Å². The first-order valence-corrected chi connectivity index (χ1v) is 16.2. The Kier molecular flexibility index (Phi) is 6.14. The van der Waals surface area contributed by atoms with Gasteiger partial charge in [-0.05, 0) is 75.1 Å². The molecule has 0 aliphatic heterocycles. The quantitative estimate of drug-likeness (QED) is 0.179. The third-order valence-corrected chi connectivity index (χ3v) is 11.6. The highest BCUT2D eigenvalue weighted by molar-refractivity contribution is 7.98. The number of carbonyl (C=O) groups is 1. The van der Waals surface area contributed by atoms with E-state index >= 15 is 0 Å². The Morgan fingerprint density at radius 3 is 2.63 bits per heavy atom. The molecule has 212 valence electrons. The summed E-state index contributed by atoms with van der Waals surface area (Å²) in [6.45, 7) is 1.95. The molecule has 7 rings (SSSR count). The topological polar surface area (TPSA) is 98.8 Å². The second kappa shape index (κ2) is 9.53. The average Bonchev–Trinajstić information content (AvgIpc) is 3.29. The van der Waals surface area contributed by atoms with Gasteiger partial charge in [0.05, 0.1) is 50.0 Å². The summed E-state index contributed by atoms with van der Waals surface area (Å²) >= 11 is 1.41. The van der Waals surface area contributed by atoms with E-state index in [9.17, 15) is 13.4 Å². The van der Waals surface area contributed by atoms with E-state index in [0.29, 0.717) is 34.9 Å². The van der Waals surface area contributed by atoms with Crippen molar-refractivity contribution in [1.29, 1.82) is 0 Å². The highest BCUT2D eigenvalue weighted by atomic mass is 32.2. The Labute approximate surface area is 241 Å². The van der Waals surface area contributed by atoms with E-state index in [2.05, 4.69) is 36.4 Å². The van der Waals surface area contributed by atoms with Gasteiger partial charge in [-0.1, -0.05) is 5.57 Å². The molecule has 2 fully saturated rings. The zero-order valence-corrected chi connectivity index (χ0v) is 24.5. The molecule has 41 heavy (non-hydrogen) atoms. The number of ketones is 1. The van der Waals surface area contributed by atoms with Gasteiger partial charge in [0.15, 0.2) is 5.01 Å². The van der Waals surface area contributed by atoms with E-state index in [4.69, 9.17) is 0 Å². The Morgan fingerprint density at radius 2 is 1.98 bits per heavy atom. The number of Topliss-reactive ketones (excluding diaryl/α,β-unsaturated/α-hetero) is 1. The standard InChI is InChI=1S/C29H30FN7O2S2/c1-18-13-32-28(40-18)27(38)29-11-19-14-34-36(23-8-9-26(30)31-15-23)25(19)10-20(29)4-5-22(12-29)37(21-6-7-21)41(3,39)24-16-33-35(2)17-24/h8-10,13-17,21-22H,3-7,11-12H2,1-2H3/t22-,29-,41?/m0/s1. The van der Waals surface area contributed by atoms with E-state index in [1.807, 2.05) is 14.0 Å². The van der Waals surface area contributed by atoms with Crippen LogP contribution in [0.25, 0.3) is 11.8 Å². The molecule has 0 N–H and O–H groups in total. The number of aryl methyl sites for hydroxylation is 2. The van der Waals surface area contributed by atoms with Gasteiger partial charge < -0.3 is 0 Å². The maximum Gasteiger partial charge on any atom is 0.212 e. The van der Waals surface area contributed by atoms with Crippen LogP contribution in [0.1, 0.15) is 58.0 Å². The SMILES string of the molecule is C=S(=O)(c1cnn(C)c1)N(C1CC1)[C@H]1CCC2=Cc3c(cnn3-c3ccc(F)nc3)C[C@]2(C(=O)c2ncc(C)s2)C1. The minimum absolute atomic E-state index is 0.00100. The van der Waals surface area contributed by atoms with Crippen LogP contribution in [0.3, 0.4) is 0 Å². The summed E-state index contributed by atoms with van der Waals surface area (Å²) in [6.07, 6.45) is 14.8. The zero-order valence-electron chi connectivity index (χ0n) is 22.9. The summed E-state index contributed by atoms with van der Waals surface area (Å²) in [6, 6.07) is 3.02. The van der Waals surface area contributed by atoms with Gasteiger partial charge in [0.2, 0.25) is 11.7 Å². The van der Waals surface area contributed by atoms with Crippen LogP contribution in [-0.2, 0) is 23.2 Å². The van der Waals surface area contributed by atoms with E-state index in [1.165, 1.54) is 23.6 Å². The molecule has 4 aromatic heterocycles. The van der Waals surface area contributed by atoms with Crippen molar-refractivity contribution in [3.8, 4) is 5.69 Å². The van der Waals surface area contributed by atoms with Crippen LogP contribution in [0.15, 0.2) is 53.6 Å².